The summed E-state index contributed by atoms with van der Waals surface area (Å²) in [7, 11) is 1.49. The second-order valence-corrected chi connectivity index (χ2v) is 6.72. The third kappa shape index (κ3) is 4.84. The molecule has 9 nitrogen and oxygen atoms in total. The Balaban J connectivity index is 2.10. The van der Waals surface area contributed by atoms with Crippen molar-refractivity contribution >= 4 is 52.1 Å². The first-order chi connectivity index (χ1) is 12.3. The van der Waals surface area contributed by atoms with Crippen molar-refractivity contribution in [2.75, 3.05) is 25.2 Å². The lowest BCUT2D eigenvalue weighted by atomic mass is 10.2. The maximum absolute atomic E-state index is 12.7. The van der Waals surface area contributed by atoms with Crippen LogP contribution in [0.25, 0.3) is 0 Å². The highest BCUT2D eigenvalue weighted by Crippen LogP contribution is 2.32. The zero-order valence-corrected chi connectivity index (χ0v) is 16.2. The van der Waals surface area contributed by atoms with Crippen LogP contribution in [-0.4, -0.2) is 54.1 Å². The van der Waals surface area contributed by atoms with Crippen molar-refractivity contribution in [2.24, 2.45) is 0 Å². The van der Waals surface area contributed by atoms with Gasteiger partial charge >= 0.3 is 12.0 Å². The number of methoxy groups -OCH3 is 1. The first-order valence-corrected chi connectivity index (χ1v) is 8.85. The molecule has 2 N–H and O–H groups in total. The van der Waals surface area contributed by atoms with Crippen molar-refractivity contribution in [3.63, 3.8) is 0 Å². The zero-order valence-electron chi connectivity index (χ0n) is 14.0. The van der Waals surface area contributed by atoms with Gasteiger partial charge in [0, 0.05) is 23.0 Å². The smallest absolute Gasteiger partial charge is 0.332 e. The number of nitrogens with one attached hydrogen (secondary N) is 1. The number of aliphatic carboxylic acids is 1. The van der Waals surface area contributed by atoms with Gasteiger partial charge in [0.05, 0.1) is 19.2 Å². The number of carboxylic acids is 1. The van der Waals surface area contributed by atoms with Gasteiger partial charge in [-0.05, 0) is 40.8 Å². The van der Waals surface area contributed by atoms with E-state index in [-0.39, 0.29) is 32.5 Å². The van der Waals surface area contributed by atoms with Gasteiger partial charge in [0.15, 0.2) is 0 Å². The number of amides is 4. The van der Waals surface area contributed by atoms with Gasteiger partial charge in [-0.3, -0.25) is 19.3 Å². The minimum atomic E-state index is -1.10. The van der Waals surface area contributed by atoms with E-state index < -0.39 is 23.8 Å². The number of benzene rings is 1. The quantitative estimate of drug-likeness (QED) is 0.577. The van der Waals surface area contributed by atoms with Crippen LogP contribution in [-0.2, 0) is 14.4 Å². The molecule has 4 amide bonds. The number of ether oxygens (including phenoxy) is 1. The molecule has 1 fully saturated rings. The van der Waals surface area contributed by atoms with Crippen LogP contribution in [0.3, 0.4) is 0 Å². The molecule has 0 atom stereocenters. The van der Waals surface area contributed by atoms with Crippen molar-refractivity contribution < 1.29 is 29.0 Å². The molecule has 1 aliphatic heterocycles. The van der Waals surface area contributed by atoms with Gasteiger partial charge in [-0.25, -0.2) is 9.69 Å². The number of nitrogens with zero attached hydrogens (tertiary/aromatic N) is 2. The number of carbonyl (C=O) groups is 4. The standard InChI is InChI=1S/C16H18IN3O6/c1-26-12-3-2-10(17)8-11(12)19-7-6-14(22)20(16(19)25)9-18-13(21)4-5-15(23)24/h2-3,8H,4-7,9H2,1H3,(H,18,21)(H,23,24). The third-order valence-corrected chi connectivity index (χ3v) is 4.42. The minimum Gasteiger partial charge on any atom is -0.495 e. The molecular formula is C16H18IN3O6. The van der Waals surface area contributed by atoms with Crippen molar-refractivity contribution in [1.29, 1.82) is 0 Å². The molecular weight excluding hydrogens is 457 g/mol. The first kappa shape index (κ1) is 19.9. The van der Waals surface area contributed by atoms with Gasteiger partial charge in [0.1, 0.15) is 12.4 Å². The molecule has 10 heteroatoms. The van der Waals surface area contributed by atoms with Gasteiger partial charge in [0.2, 0.25) is 11.8 Å². The van der Waals surface area contributed by atoms with Gasteiger partial charge in [0.25, 0.3) is 0 Å². The van der Waals surface area contributed by atoms with E-state index in [1.165, 1.54) is 12.0 Å². The second kappa shape index (κ2) is 8.83. The maximum Gasteiger partial charge on any atom is 0.332 e. The predicted molar refractivity (Wildman–Crippen MR) is 99.8 cm³/mol. The minimum absolute atomic E-state index is 0.103. The monoisotopic (exact) mass is 475 g/mol. The van der Waals surface area contributed by atoms with Crippen LogP contribution in [0.4, 0.5) is 10.5 Å². The fourth-order valence-electron chi connectivity index (χ4n) is 2.42. The lowest BCUT2D eigenvalue weighted by Crippen LogP contribution is -2.55. The van der Waals surface area contributed by atoms with E-state index in [0.29, 0.717) is 11.4 Å². The average molecular weight is 475 g/mol. The van der Waals surface area contributed by atoms with Crippen molar-refractivity contribution in [3.8, 4) is 5.75 Å². The number of rotatable bonds is 7. The highest BCUT2D eigenvalue weighted by molar-refractivity contribution is 14.1. The molecule has 2 rings (SSSR count). The average Bonchev–Trinajstić information content (AvgIpc) is 2.60. The number of hydrogen-bond donors (Lipinski definition) is 2. The molecule has 1 aromatic carbocycles. The molecule has 0 aliphatic carbocycles. The van der Waals surface area contributed by atoms with E-state index >= 15 is 0 Å². The van der Waals surface area contributed by atoms with Crippen LogP contribution in [0, 0.1) is 3.57 Å². The Bertz CT molecular complexity index is 739. The fourth-order valence-corrected chi connectivity index (χ4v) is 2.89. The topological polar surface area (TPSA) is 116 Å². The Morgan fingerprint density at radius 1 is 1.31 bits per heavy atom. The SMILES string of the molecule is COc1ccc(I)cc1N1CCC(=O)N(CNC(=O)CCC(=O)O)C1=O. The van der Waals surface area contributed by atoms with E-state index in [1.807, 2.05) is 6.07 Å². The summed E-state index contributed by atoms with van der Waals surface area (Å²) in [5.74, 6) is -1.55. The number of hydrogen-bond acceptors (Lipinski definition) is 5. The van der Waals surface area contributed by atoms with Crippen LogP contribution in [0.2, 0.25) is 0 Å². The van der Waals surface area contributed by atoms with E-state index in [2.05, 4.69) is 27.9 Å². The van der Waals surface area contributed by atoms with Crippen LogP contribution >= 0.6 is 22.6 Å². The van der Waals surface area contributed by atoms with Gasteiger partial charge < -0.3 is 15.2 Å². The second-order valence-electron chi connectivity index (χ2n) is 5.47. The summed E-state index contributed by atoms with van der Waals surface area (Å²) < 4.78 is 6.19. The molecule has 1 aliphatic rings. The van der Waals surface area contributed by atoms with Crippen LogP contribution < -0.4 is 15.0 Å². The molecule has 140 valence electrons. The number of anilines is 1. The molecule has 1 saturated heterocycles. The van der Waals surface area contributed by atoms with Crippen LogP contribution in [0.15, 0.2) is 18.2 Å². The highest BCUT2D eigenvalue weighted by Gasteiger charge is 2.34. The molecule has 0 radical (unpaired) electrons. The summed E-state index contributed by atoms with van der Waals surface area (Å²) in [6, 6.07) is 4.78. The van der Waals surface area contributed by atoms with Crippen molar-refractivity contribution in [3.05, 3.63) is 21.8 Å². The molecule has 0 saturated carbocycles. The van der Waals surface area contributed by atoms with Crippen molar-refractivity contribution in [2.45, 2.75) is 19.3 Å². The molecule has 1 heterocycles. The van der Waals surface area contributed by atoms with E-state index in [4.69, 9.17) is 9.84 Å². The molecule has 0 bridgehead atoms. The molecule has 0 unspecified atom stereocenters. The normalized spacial score (nSPS) is 14.4. The van der Waals surface area contributed by atoms with E-state index in [9.17, 15) is 19.2 Å². The molecule has 1 aromatic rings. The molecule has 26 heavy (non-hydrogen) atoms. The predicted octanol–water partition coefficient (Wildman–Crippen LogP) is 1.40. The Morgan fingerprint density at radius 3 is 2.69 bits per heavy atom. The maximum atomic E-state index is 12.7. The molecule has 0 spiro atoms. The summed E-state index contributed by atoms with van der Waals surface area (Å²) in [6.45, 7) is -0.101. The summed E-state index contributed by atoms with van der Waals surface area (Å²) >= 11 is 2.11. The third-order valence-electron chi connectivity index (χ3n) is 3.74. The van der Waals surface area contributed by atoms with Crippen LogP contribution in [0.1, 0.15) is 19.3 Å². The number of carboxylic acid groups (broad SMARTS) is 1. The van der Waals surface area contributed by atoms with Gasteiger partial charge in [-0.15, -0.1) is 0 Å². The summed E-state index contributed by atoms with van der Waals surface area (Å²) in [5.41, 5.74) is 0.541. The Morgan fingerprint density at radius 2 is 2.04 bits per heavy atom. The fraction of sp³-hybridized carbons (Fsp3) is 0.375. The Labute approximate surface area is 163 Å². The number of urea groups is 1. The van der Waals surface area contributed by atoms with Gasteiger partial charge in [-0.2, -0.15) is 0 Å². The molecule has 0 aromatic heterocycles. The number of imide groups is 1. The number of carbonyl (C=O) groups excluding carboxylic acids is 3. The lowest BCUT2D eigenvalue weighted by molar-refractivity contribution is -0.139. The zero-order chi connectivity index (χ0) is 19.3. The largest absolute Gasteiger partial charge is 0.495 e. The number of halogens is 1. The Kier molecular flexibility index (Phi) is 6.77. The summed E-state index contributed by atoms with van der Waals surface area (Å²) in [4.78, 5) is 49.3. The summed E-state index contributed by atoms with van der Waals surface area (Å²) in [5, 5.41) is 11.0. The highest BCUT2D eigenvalue weighted by atomic mass is 127. The summed E-state index contributed by atoms with van der Waals surface area (Å²) in [6.07, 6.45) is -0.440. The lowest BCUT2D eigenvalue weighted by Gasteiger charge is -2.34. The van der Waals surface area contributed by atoms with E-state index in [1.54, 1.807) is 12.1 Å². The first-order valence-electron chi connectivity index (χ1n) is 7.77. The van der Waals surface area contributed by atoms with Gasteiger partial charge in [-0.1, -0.05) is 0 Å². The Hall–Kier alpha value is -2.37. The van der Waals surface area contributed by atoms with Crippen molar-refractivity contribution in [1.82, 2.24) is 10.2 Å². The van der Waals surface area contributed by atoms with Crippen LogP contribution in [0.5, 0.6) is 5.75 Å². The van der Waals surface area contributed by atoms with E-state index in [0.717, 1.165) is 8.47 Å².